The van der Waals surface area contributed by atoms with Crippen LogP contribution in [0.2, 0.25) is 0 Å². The fourth-order valence-electron chi connectivity index (χ4n) is 2.36. The number of ether oxygens (including phenoxy) is 1. The predicted octanol–water partition coefficient (Wildman–Crippen LogP) is 2.10. The van der Waals surface area contributed by atoms with Gasteiger partial charge in [-0.1, -0.05) is 17.7 Å². The smallest absolute Gasteiger partial charge is 0.306 e. The standard InChI is InChI=1S/C16H21NO4S/c1-11-3-4-12(2)14(7-11)22-10-15(18)17-5-6-21-13(9-17)8-16(19)20/h3-4,7,13H,5-6,8-10H2,1-2H3,(H,19,20). The molecule has 0 aliphatic carbocycles. The average molecular weight is 323 g/mol. The van der Waals surface area contributed by atoms with Crippen molar-refractivity contribution in [3.05, 3.63) is 29.3 Å². The Kier molecular flexibility index (Phi) is 5.85. The molecule has 6 heteroatoms. The van der Waals surface area contributed by atoms with Crippen molar-refractivity contribution in [3.63, 3.8) is 0 Å². The Balaban J connectivity index is 1.89. The third-order valence-corrected chi connectivity index (χ3v) is 4.73. The number of hydrogen-bond donors (Lipinski definition) is 1. The lowest BCUT2D eigenvalue weighted by molar-refractivity contribution is -0.146. The van der Waals surface area contributed by atoms with Gasteiger partial charge < -0.3 is 14.7 Å². The number of nitrogens with zero attached hydrogens (tertiary/aromatic N) is 1. The fraction of sp³-hybridized carbons (Fsp3) is 0.500. The van der Waals surface area contributed by atoms with E-state index in [0.29, 0.717) is 25.4 Å². The molecule has 1 aliphatic heterocycles. The number of carbonyl (C=O) groups is 2. The molecule has 1 amide bonds. The molecule has 0 spiro atoms. The third kappa shape index (κ3) is 4.74. The first-order valence-electron chi connectivity index (χ1n) is 7.27. The lowest BCUT2D eigenvalue weighted by atomic mass is 10.2. The second-order valence-electron chi connectivity index (χ2n) is 5.49. The summed E-state index contributed by atoms with van der Waals surface area (Å²) in [6.07, 6.45) is -0.464. The number of rotatable bonds is 5. The van der Waals surface area contributed by atoms with Gasteiger partial charge in [0, 0.05) is 18.0 Å². The molecule has 5 nitrogen and oxygen atoms in total. The van der Waals surface area contributed by atoms with Gasteiger partial charge in [-0.3, -0.25) is 9.59 Å². The molecular weight excluding hydrogens is 302 g/mol. The van der Waals surface area contributed by atoms with Crippen molar-refractivity contribution in [1.82, 2.24) is 4.90 Å². The molecule has 1 atom stereocenters. The lowest BCUT2D eigenvalue weighted by Crippen LogP contribution is -2.46. The van der Waals surface area contributed by atoms with Crippen LogP contribution in [0.3, 0.4) is 0 Å². The summed E-state index contributed by atoms with van der Waals surface area (Å²) in [7, 11) is 0. The summed E-state index contributed by atoms with van der Waals surface area (Å²) in [4.78, 5) is 25.9. The van der Waals surface area contributed by atoms with Crippen LogP contribution in [0.5, 0.6) is 0 Å². The van der Waals surface area contributed by atoms with Gasteiger partial charge >= 0.3 is 5.97 Å². The van der Waals surface area contributed by atoms with Crippen LogP contribution in [0, 0.1) is 13.8 Å². The van der Waals surface area contributed by atoms with Gasteiger partial charge in [0.25, 0.3) is 0 Å². The summed E-state index contributed by atoms with van der Waals surface area (Å²) < 4.78 is 5.39. The van der Waals surface area contributed by atoms with E-state index in [4.69, 9.17) is 9.84 Å². The zero-order chi connectivity index (χ0) is 16.1. The van der Waals surface area contributed by atoms with Crippen molar-refractivity contribution in [2.75, 3.05) is 25.4 Å². The third-order valence-electron chi connectivity index (χ3n) is 3.59. The summed E-state index contributed by atoms with van der Waals surface area (Å²) in [5.41, 5.74) is 2.34. The number of thioether (sulfide) groups is 1. The van der Waals surface area contributed by atoms with E-state index in [-0.39, 0.29) is 12.3 Å². The molecule has 2 rings (SSSR count). The number of amides is 1. The van der Waals surface area contributed by atoms with Gasteiger partial charge in [-0.15, -0.1) is 11.8 Å². The van der Waals surface area contributed by atoms with Gasteiger partial charge in [0.05, 0.1) is 24.9 Å². The molecule has 1 aromatic carbocycles. The number of benzene rings is 1. The van der Waals surface area contributed by atoms with Crippen LogP contribution in [-0.2, 0) is 14.3 Å². The second kappa shape index (κ2) is 7.65. The number of aliphatic carboxylic acids is 1. The number of hydrogen-bond acceptors (Lipinski definition) is 4. The van der Waals surface area contributed by atoms with E-state index < -0.39 is 12.1 Å². The molecule has 0 aromatic heterocycles. The van der Waals surface area contributed by atoms with Crippen LogP contribution in [0.25, 0.3) is 0 Å². The van der Waals surface area contributed by atoms with Crippen molar-refractivity contribution in [1.29, 1.82) is 0 Å². The summed E-state index contributed by atoms with van der Waals surface area (Å²) in [6, 6.07) is 6.19. The van der Waals surface area contributed by atoms with Crippen LogP contribution in [-0.4, -0.2) is 53.4 Å². The topological polar surface area (TPSA) is 66.8 Å². The van der Waals surface area contributed by atoms with Crippen LogP contribution in [0.4, 0.5) is 0 Å². The Morgan fingerprint density at radius 1 is 1.41 bits per heavy atom. The highest BCUT2D eigenvalue weighted by atomic mass is 32.2. The lowest BCUT2D eigenvalue weighted by Gasteiger charge is -2.32. The van der Waals surface area contributed by atoms with Gasteiger partial charge in [-0.25, -0.2) is 0 Å². The van der Waals surface area contributed by atoms with Gasteiger partial charge in [-0.2, -0.15) is 0 Å². The van der Waals surface area contributed by atoms with Crippen LogP contribution in [0.1, 0.15) is 17.5 Å². The first-order valence-corrected chi connectivity index (χ1v) is 8.25. The number of carboxylic acids is 1. The largest absolute Gasteiger partial charge is 0.481 e. The average Bonchev–Trinajstić information content (AvgIpc) is 2.47. The molecule has 22 heavy (non-hydrogen) atoms. The molecule has 1 aliphatic rings. The molecule has 1 fully saturated rings. The Morgan fingerprint density at radius 2 is 2.18 bits per heavy atom. The van der Waals surface area contributed by atoms with Crippen molar-refractivity contribution in [2.24, 2.45) is 0 Å². The molecule has 1 aromatic rings. The highest BCUT2D eigenvalue weighted by Gasteiger charge is 2.25. The molecule has 0 saturated carbocycles. The molecule has 0 bridgehead atoms. The maximum Gasteiger partial charge on any atom is 0.306 e. The number of carboxylic acid groups (broad SMARTS) is 1. The minimum atomic E-state index is -0.899. The fourth-order valence-corrected chi connectivity index (χ4v) is 3.38. The summed E-state index contributed by atoms with van der Waals surface area (Å²) >= 11 is 1.53. The Morgan fingerprint density at radius 3 is 2.91 bits per heavy atom. The van der Waals surface area contributed by atoms with E-state index in [0.717, 1.165) is 10.5 Å². The maximum absolute atomic E-state index is 12.3. The zero-order valence-corrected chi connectivity index (χ0v) is 13.7. The van der Waals surface area contributed by atoms with Crippen molar-refractivity contribution >= 4 is 23.6 Å². The van der Waals surface area contributed by atoms with E-state index in [1.54, 1.807) is 4.90 Å². The Bertz CT molecular complexity index is 561. The summed E-state index contributed by atoms with van der Waals surface area (Å²) in [5.74, 6) is -0.502. The normalized spacial score (nSPS) is 18.3. The summed E-state index contributed by atoms with van der Waals surface area (Å²) in [6.45, 7) is 5.35. The predicted molar refractivity (Wildman–Crippen MR) is 85.2 cm³/mol. The Hall–Kier alpha value is -1.53. The van der Waals surface area contributed by atoms with Crippen LogP contribution < -0.4 is 0 Å². The summed E-state index contributed by atoms with van der Waals surface area (Å²) in [5, 5.41) is 8.81. The van der Waals surface area contributed by atoms with Gasteiger partial charge in [0.2, 0.25) is 5.91 Å². The quantitative estimate of drug-likeness (QED) is 0.841. The van der Waals surface area contributed by atoms with Crippen LogP contribution in [0.15, 0.2) is 23.1 Å². The molecule has 1 saturated heterocycles. The molecule has 1 N–H and O–H groups in total. The molecule has 1 unspecified atom stereocenters. The monoisotopic (exact) mass is 323 g/mol. The molecule has 120 valence electrons. The first kappa shape index (κ1) is 16.8. The van der Waals surface area contributed by atoms with E-state index in [9.17, 15) is 9.59 Å². The minimum absolute atomic E-state index is 0.0320. The minimum Gasteiger partial charge on any atom is -0.481 e. The number of aryl methyl sites for hydroxylation is 2. The Labute approximate surface area is 134 Å². The SMILES string of the molecule is Cc1ccc(C)c(SCC(=O)N2CCOC(CC(=O)O)C2)c1. The number of carbonyl (C=O) groups excluding carboxylic acids is 1. The van der Waals surface area contributed by atoms with E-state index in [1.807, 2.05) is 13.8 Å². The number of morpholine rings is 1. The van der Waals surface area contributed by atoms with E-state index >= 15 is 0 Å². The second-order valence-corrected chi connectivity index (χ2v) is 6.51. The molecule has 0 radical (unpaired) electrons. The van der Waals surface area contributed by atoms with Crippen molar-refractivity contribution in [3.8, 4) is 0 Å². The van der Waals surface area contributed by atoms with E-state index in [2.05, 4.69) is 18.2 Å². The van der Waals surface area contributed by atoms with Crippen molar-refractivity contribution in [2.45, 2.75) is 31.3 Å². The first-order chi connectivity index (χ1) is 10.5. The highest BCUT2D eigenvalue weighted by molar-refractivity contribution is 8.00. The molecule has 1 heterocycles. The maximum atomic E-state index is 12.3. The van der Waals surface area contributed by atoms with Gasteiger partial charge in [0.1, 0.15) is 0 Å². The van der Waals surface area contributed by atoms with Gasteiger partial charge in [0.15, 0.2) is 0 Å². The van der Waals surface area contributed by atoms with Gasteiger partial charge in [-0.05, 0) is 25.5 Å². The molecular formula is C16H21NO4S. The van der Waals surface area contributed by atoms with E-state index in [1.165, 1.54) is 17.3 Å². The zero-order valence-electron chi connectivity index (χ0n) is 12.9. The van der Waals surface area contributed by atoms with Crippen LogP contribution >= 0.6 is 11.8 Å². The highest BCUT2D eigenvalue weighted by Crippen LogP contribution is 2.24. The van der Waals surface area contributed by atoms with Crippen molar-refractivity contribution < 1.29 is 19.4 Å².